The van der Waals surface area contributed by atoms with E-state index < -0.39 is 0 Å². The minimum absolute atomic E-state index is 0.0119. The van der Waals surface area contributed by atoms with Crippen molar-refractivity contribution in [2.75, 3.05) is 14.2 Å². The van der Waals surface area contributed by atoms with Gasteiger partial charge in [0.15, 0.2) is 0 Å². The van der Waals surface area contributed by atoms with Crippen molar-refractivity contribution >= 4 is 0 Å². The van der Waals surface area contributed by atoms with Gasteiger partial charge in [-0.05, 0) is 13.1 Å². The lowest BCUT2D eigenvalue weighted by molar-refractivity contribution is 0.390. The average Bonchev–Trinajstić information content (AvgIpc) is 2.78. The number of nitrogens with one attached hydrogen (secondary N) is 1. The molecular formula is C11H15N5O. The molecule has 0 spiro atoms. The minimum Gasteiger partial charge on any atom is -0.480 e. The topological polar surface area (TPSA) is 64.9 Å². The van der Waals surface area contributed by atoms with Crippen LogP contribution < -0.4 is 10.1 Å². The normalized spacial score (nSPS) is 12.4. The van der Waals surface area contributed by atoms with Crippen LogP contribution in [0.15, 0.2) is 24.5 Å². The Labute approximate surface area is 99.6 Å². The van der Waals surface area contributed by atoms with E-state index in [2.05, 4.69) is 20.6 Å². The molecule has 2 heterocycles. The van der Waals surface area contributed by atoms with E-state index in [-0.39, 0.29) is 6.04 Å². The first-order valence-electron chi connectivity index (χ1n) is 5.28. The summed E-state index contributed by atoms with van der Waals surface area (Å²) < 4.78 is 6.74. The van der Waals surface area contributed by atoms with Gasteiger partial charge >= 0.3 is 0 Å². The van der Waals surface area contributed by atoms with Crippen molar-refractivity contribution in [2.24, 2.45) is 7.05 Å². The van der Waals surface area contributed by atoms with Crippen LogP contribution in [0.5, 0.6) is 5.88 Å². The van der Waals surface area contributed by atoms with Gasteiger partial charge in [-0.1, -0.05) is 0 Å². The molecule has 6 nitrogen and oxygen atoms in total. The summed E-state index contributed by atoms with van der Waals surface area (Å²) in [5.74, 6) is 0.509. The molecule has 0 aromatic carbocycles. The first-order chi connectivity index (χ1) is 8.24. The van der Waals surface area contributed by atoms with Crippen LogP contribution in [0.3, 0.4) is 0 Å². The first kappa shape index (κ1) is 11.5. The Kier molecular flexibility index (Phi) is 3.34. The van der Waals surface area contributed by atoms with Gasteiger partial charge in [0.1, 0.15) is 0 Å². The molecule has 1 unspecified atom stereocenters. The maximum absolute atomic E-state index is 4.98. The Balaban J connectivity index is 2.28. The van der Waals surface area contributed by atoms with Crippen LogP contribution >= 0.6 is 0 Å². The molecule has 1 N–H and O–H groups in total. The molecule has 0 aliphatic carbocycles. The SMILES string of the molecule is CNC(c1cnn(C)c1)c1ccc(OC)nn1. The average molecular weight is 233 g/mol. The number of methoxy groups -OCH3 is 1. The summed E-state index contributed by atoms with van der Waals surface area (Å²) in [6.45, 7) is 0. The molecule has 1 atom stereocenters. The van der Waals surface area contributed by atoms with Crippen LogP contribution in [0.25, 0.3) is 0 Å². The Morgan fingerprint density at radius 2 is 2.18 bits per heavy atom. The second kappa shape index (κ2) is 4.92. The van der Waals surface area contributed by atoms with Crippen LogP contribution in [0.4, 0.5) is 0 Å². The van der Waals surface area contributed by atoms with E-state index in [1.807, 2.05) is 32.6 Å². The fourth-order valence-electron chi connectivity index (χ4n) is 1.67. The van der Waals surface area contributed by atoms with Crippen molar-refractivity contribution in [3.8, 4) is 5.88 Å². The van der Waals surface area contributed by atoms with Gasteiger partial charge < -0.3 is 10.1 Å². The fraction of sp³-hybridized carbons (Fsp3) is 0.364. The third-order valence-corrected chi connectivity index (χ3v) is 2.51. The van der Waals surface area contributed by atoms with Crippen LogP contribution in [-0.2, 0) is 7.05 Å². The highest BCUT2D eigenvalue weighted by molar-refractivity contribution is 5.24. The van der Waals surface area contributed by atoms with Crippen LogP contribution in [0.2, 0.25) is 0 Å². The number of aromatic nitrogens is 4. The molecule has 0 fully saturated rings. The largest absolute Gasteiger partial charge is 0.480 e. The summed E-state index contributed by atoms with van der Waals surface area (Å²) in [6.07, 6.45) is 3.76. The molecule has 2 rings (SSSR count). The molecule has 6 heteroatoms. The van der Waals surface area contributed by atoms with E-state index in [1.165, 1.54) is 0 Å². The molecule has 0 radical (unpaired) electrons. The van der Waals surface area contributed by atoms with Crippen molar-refractivity contribution < 1.29 is 4.74 Å². The van der Waals surface area contributed by atoms with Crippen molar-refractivity contribution in [1.82, 2.24) is 25.3 Å². The highest BCUT2D eigenvalue weighted by atomic mass is 16.5. The predicted molar refractivity (Wildman–Crippen MR) is 62.7 cm³/mol. The van der Waals surface area contributed by atoms with Crippen molar-refractivity contribution in [1.29, 1.82) is 0 Å². The third-order valence-electron chi connectivity index (χ3n) is 2.51. The van der Waals surface area contributed by atoms with E-state index in [9.17, 15) is 0 Å². The van der Waals surface area contributed by atoms with Gasteiger partial charge in [-0.2, -0.15) is 5.10 Å². The fourth-order valence-corrected chi connectivity index (χ4v) is 1.67. The maximum atomic E-state index is 4.98. The van der Waals surface area contributed by atoms with Gasteiger partial charge in [-0.15, -0.1) is 10.2 Å². The van der Waals surface area contributed by atoms with Crippen LogP contribution in [0.1, 0.15) is 17.3 Å². The van der Waals surface area contributed by atoms with Gasteiger partial charge in [-0.25, -0.2) is 0 Å². The smallest absolute Gasteiger partial charge is 0.233 e. The zero-order valence-electron chi connectivity index (χ0n) is 10.1. The second-order valence-electron chi connectivity index (χ2n) is 3.67. The van der Waals surface area contributed by atoms with Gasteiger partial charge in [0.2, 0.25) is 5.88 Å². The Bertz CT molecular complexity index is 479. The highest BCUT2D eigenvalue weighted by Crippen LogP contribution is 2.19. The van der Waals surface area contributed by atoms with E-state index in [0.29, 0.717) is 5.88 Å². The lowest BCUT2D eigenvalue weighted by Gasteiger charge is -2.13. The molecule has 0 aliphatic rings. The zero-order valence-corrected chi connectivity index (χ0v) is 10.1. The number of rotatable bonds is 4. The summed E-state index contributed by atoms with van der Waals surface area (Å²) in [5, 5.41) is 15.4. The Morgan fingerprint density at radius 1 is 1.35 bits per heavy atom. The first-order valence-corrected chi connectivity index (χ1v) is 5.28. The van der Waals surface area contributed by atoms with E-state index in [4.69, 9.17) is 4.74 Å². The summed E-state index contributed by atoms with van der Waals surface area (Å²) >= 11 is 0. The number of hydrogen-bond donors (Lipinski definition) is 1. The molecule has 0 amide bonds. The van der Waals surface area contributed by atoms with Gasteiger partial charge in [0.05, 0.1) is 25.0 Å². The Morgan fingerprint density at radius 3 is 2.65 bits per heavy atom. The molecule has 2 aromatic heterocycles. The summed E-state index contributed by atoms with van der Waals surface area (Å²) in [5.41, 5.74) is 1.88. The van der Waals surface area contributed by atoms with E-state index in [1.54, 1.807) is 17.9 Å². The summed E-state index contributed by atoms with van der Waals surface area (Å²) in [7, 11) is 5.33. The number of hydrogen-bond acceptors (Lipinski definition) is 5. The van der Waals surface area contributed by atoms with Crippen LogP contribution in [-0.4, -0.2) is 34.1 Å². The highest BCUT2D eigenvalue weighted by Gasteiger charge is 2.15. The number of aryl methyl sites for hydroxylation is 1. The number of nitrogens with zero attached hydrogens (tertiary/aromatic N) is 4. The molecule has 0 saturated carbocycles. The third kappa shape index (κ3) is 2.42. The molecule has 0 saturated heterocycles. The zero-order chi connectivity index (χ0) is 12.3. The van der Waals surface area contributed by atoms with Gasteiger partial charge in [-0.3, -0.25) is 4.68 Å². The van der Waals surface area contributed by atoms with E-state index in [0.717, 1.165) is 11.3 Å². The quantitative estimate of drug-likeness (QED) is 0.834. The molecule has 17 heavy (non-hydrogen) atoms. The monoisotopic (exact) mass is 233 g/mol. The predicted octanol–water partition coefficient (Wildman–Crippen LogP) is 0.527. The van der Waals surface area contributed by atoms with Gasteiger partial charge in [0, 0.05) is 24.9 Å². The second-order valence-corrected chi connectivity index (χ2v) is 3.67. The summed E-state index contributed by atoms with van der Waals surface area (Å²) in [4.78, 5) is 0. The lowest BCUT2D eigenvalue weighted by Crippen LogP contribution is -2.18. The molecule has 0 bridgehead atoms. The number of ether oxygens (including phenoxy) is 1. The van der Waals surface area contributed by atoms with E-state index >= 15 is 0 Å². The molecule has 90 valence electrons. The van der Waals surface area contributed by atoms with Crippen molar-refractivity contribution in [2.45, 2.75) is 6.04 Å². The van der Waals surface area contributed by atoms with Gasteiger partial charge in [0.25, 0.3) is 0 Å². The molecule has 2 aromatic rings. The summed E-state index contributed by atoms with van der Waals surface area (Å²) in [6, 6.07) is 3.67. The van der Waals surface area contributed by atoms with Crippen molar-refractivity contribution in [3.63, 3.8) is 0 Å². The Hall–Kier alpha value is -1.95. The lowest BCUT2D eigenvalue weighted by atomic mass is 10.1. The van der Waals surface area contributed by atoms with Crippen LogP contribution in [0, 0.1) is 0 Å². The minimum atomic E-state index is -0.0119. The molecule has 0 aliphatic heterocycles. The maximum Gasteiger partial charge on any atom is 0.233 e. The standard InChI is InChI=1S/C11H15N5O/c1-12-11(8-6-13-16(2)7-8)9-4-5-10(17-3)15-14-9/h4-7,11-12H,1-3H3. The van der Waals surface area contributed by atoms with Crippen molar-refractivity contribution in [3.05, 3.63) is 35.8 Å². The molecular weight excluding hydrogens is 218 g/mol.